The molecule has 0 saturated heterocycles. The smallest absolute Gasteiger partial charge is 0.423 e. The van der Waals surface area contributed by atoms with E-state index in [9.17, 15) is 13.2 Å². The number of aromatic nitrogens is 2. The van der Waals surface area contributed by atoms with Crippen LogP contribution in [0.1, 0.15) is 63.5 Å². The Bertz CT molecular complexity index is 787. The van der Waals surface area contributed by atoms with E-state index >= 15 is 0 Å². The third-order valence-electron chi connectivity index (χ3n) is 5.22. The molecule has 1 aliphatic rings. The summed E-state index contributed by atoms with van der Waals surface area (Å²) in [6.07, 6.45) is 2.65. The minimum absolute atomic E-state index is 0.217. The largest absolute Gasteiger partial charge is 0.474 e. The lowest BCUT2D eigenvalue weighted by molar-refractivity contribution is -0.140. The number of benzene rings is 1. The molecule has 29 heavy (non-hydrogen) atoms. The monoisotopic (exact) mass is 407 g/mol. The molecule has 0 N–H and O–H groups in total. The van der Waals surface area contributed by atoms with Gasteiger partial charge in [-0.3, -0.25) is 0 Å². The highest BCUT2D eigenvalue weighted by Crippen LogP contribution is 2.37. The molecule has 2 aromatic rings. The van der Waals surface area contributed by atoms with Crippen molar-refractivity contribution in [3.8, 4) is 5.88 Å². The predicted octanol–water partition coefficient (Wildman–Crippen LogP) is 6.32. The fraction of sp³-hybridized carbons (Fsp3) is 0.545. The van der Waals surface area contributed by atoms with Crippen LogP contribution < -0.4 is 9.64 Å². The van der Waals surface area contributed by atoms with Crippen molar-refractivity contribution in [2.75, 3.05) is 11.4 Å². The van der Waals surface area contributed by atoms with Crippen molar-refractivity contribution in [3.63, 3.8) is 0 Å². The summed E-state index contributed by atoms with van der Waals surface area (Å²) in [6, 6.07) is 7.98. The topological polar surface area (TPSA) is 38.2 Å². The molecule has 1 aliphatic carbocycles. The van der Waals surface area contributed by atoms with E-state index in [4.69, 9.17) is 4.74 Å². The lowest BCUT2D eigenvalue weighted by Gasteiger charge is -2.26. The molecule has 1 heterocycles. The molecule has 158 valence electrons. The lowest BCUT2D eigenvalue weighted by Crippen LogP contribution is -2.24. The van der Waals surface area contributed by atoms with Gasteiger partial charge in [0.05, 0.1) is 0 Å². The summed E-state index contributed by atoms with van der Waals surface area (Å²) in [5.41, 5.74) is 1.15. The summed E-state index contributed by atoms with van der Waals surface area (Å²) in [5, 5.41) is 0. The molecule has 0 bridgehead atoms. The molecular formula is C22H28F3N3O. The molecule has 3 rings (SSSR count). The number of halogens is 3. The van der Waals surface area contributed by atoms with Gasteiger partial charge in [0.2, 0.25) is 11.8 Å². The second-order valence-electron chi connectivity index (χ2n) is 7.43. The number of nitrogens with zero attached hydrogens (tertiary/aromatic N) is 3. The highest BCUT2D eigenvalue weighted by atomic mass is 19.4. The molecule has 0 radical (unpaired) electrons. The van der Waals surface area contributed by atoms with Gasteiger partial charge >= 0.3 is 6.18 Å². The molecule has 0 spiro atoms. The van der Waals surface area contributed by atoms with Gasteiger partial charge in [-0.2, -0.15) is 18.2 Å². The van der Waals surface area contributed by atoms with Crippen LogP contribution in [0.3, 0.4) is 0 Å². The molecule has 0 aliphatic heterocycles. The third kappa shape index (κ3) is 5.40. The van der Waals surface area contributed by atoms with Crippen molar-refractivity contribution in [2.45, 2.75) is 71.1 Å². The van der Waals surface area contributed by atoms with Gasteiger partial charge in [-0.15, -0.1) is 0 Å². The Morgan fingerprint density at radius 3 is 2.34 bits per heavy atom. The number of rotatable bonds is 7. The van der Waals surface area contributed by atoms with Crippen LogP contribution in [0.15, 0.2) is 30.5 Å². The van der Waals surface area contributed by atoms with Gasteiger partial charge in [0.1, 0.15) is 11.7 Å². The second-order valence-corrected chi connectivity index (χ2v) is 7.43. The number of aryl methyl sites for hydroxylation is 1. The van der Waals surface area contributed by atoms with E-state index in [1.807, 2.05) is 31.2 Å². The molecule has 0 amide bonds. The third-order valence-corrected chi connectivity index (χ3v) is 5.22. The van der Waals surface area contributed by atoms with E-state index in [2.05, 4.69) is 16.9 Å². The van der Waals surface area contributed by atoms with Crippen molar-refractivity contribution in [1.82, 2.24) is 9.97 Å². The summed E-state index contributed by atoms with van der Waals surface area (Å²) < 4.78 is 46.2. The van der Waals surface area contributed by atoms with E-state index in [-0.39, 0.29) is 17.9 Å². The Morgan fingerprint density at radius 1 is 1.07 bits per heavy atom. The SMILES string of the molecule is CCCc1ccc(N(CC)c2ncc(C(F)(F)F)c(OC3CCCCC3)n2)cc1. The van der Waals surface area contributed by atoms with E-state index in [1.54, 1.807) is 4.90 Å². The van der Waals surface area contributed by atoms with Crippen LogP contribution in [-0.4, -0.2) is 22.6 Å². The number of hydrogen-bond donors (Lipinski definition) is 0. The van der Waals surface area contributed by atoms with E-state index in [0.717, 1.165) is 56.8 Å². The van der Waals surface area contributed by atoms with Gasteiger partial charge in [-0.1, -0.05) is 31.9 Å². The van der Waals surface area contributed by atoms with E-state index in [0.29, 0.717) is 6.54 Å². The van der Waals surface area contributed by atoms with Gasteiger partial charge in [-0.05, 0) is 56.7 Å². The first kappa shape index (κ1) is 21.4. The Balaban J connectivity index is 1.91. The standard InChI is InChI=1S/C22H28F3N3O/c1-3-8-16-11-13-17(14-12-16)28(4-2)21-26-15-19(22(23,24)25)20(27-21)29-18-9-6-5-7-10-18/h11-15,18H,3-10H2,1-2H3. The van der Waals surface area contributed by atoms with Crippen LogP contribution in [-0.2, 0) is 12.6 Å². The summed E-state index contributed by atoms with van der Waals surface area (Å²) in [5.74, 6) is -0.148. The minimum atomic E-state index is -4.55. The average molecular weight is 407 g/mol. The van der Waals surface area contributed by atoms with Crippen molar-refractivity contribution in [2.24, 2.45) is 0 Å². The quantitative estimate of drug-likeness (QED) is 0.538. The molecule has 1 fully saturated rings. The van der Waals surface area contributed by atoms with E-state index < -0.39 is 11.7 Å². The Hall–Kier alpha value is -2.31. The number of alkyl halides is 3. The zero-order valence-corrected chi connectivity index (χ0v) is 17.0. The number of hydrogen-bond acceptors (Lipinski definition) is 4. The Labute approximate surface area is 170 Å². The Kier molecular flexibility index (Phi) is 6.98. The van der Waals surface area contributed by atoms with Crippen LogP contribution in [0.4, 0.5) is 24.8 Å². The average Bonchev–Trinajstić information content (AvgIpc) is 2.70. The normalized spacial score (nSPS) is 15.3. The minimum Gasteiger partial charge on any atom is -0.474 e. The van der Waals surface area contributed by atoms with Gasteiger partial charge in [-0.25, -0.2) is 4.98 Å². The van der Waals surface area contributed by atoms with Crippen LogP contribution in [0.2, 0.25) is 0 Å². The highest BCUT2D eigenvalue weighted by Gasteiger charge is 2.37. The van der Waals surface area contributed by atoms with Crippen molar-refractivity contribution in [1.29, 1.82) is 0 Å². The molecule has 7 heteroatoms. The first-order valence-electron chi connectivity index (χ1n) is 10.4. The number of ether oxygens (including phenoxy) is 1. The maximum absolute atomic E-state index is 13.5. The maximum Gasteiger partial charge on any atom is 0.423 e. The molecule has 0 atom stereocenters. The van der Waals surface area contributed by atoms with Crippen LogP contribution >= 0.6 is 0 Å². The summed E-state index contributed by atoms with van der Waals surface area (Å²) in [6.45, 7) is 4.57. The first-order chi connectivity index (χ1) is 13.9. The summed E-state index contributed by atoms with van der Waals surface area (Å²) in [4.78, 5) is 10.0. The van der Waals surface area contributed by atoms with Crippen LogP contribution in [0.25, 0.3) is 0 Å². The fourth-order valence-corrected chi connectivity index (χ4v) is 3.68. The molecule has 1 saturated carbocycles. The first-order valence-corrected chi connectivity index (χ1v) is 10.4. The molecule has 1 aromatic carbocycles. The molecule has 0 unspecified atom stereocenters. The van der Waals surface area contributed by atoms with Gasteiger partial charge < -0.3 is 9.64 Å². The van der Waals surface area contributed by atoms with E-state index in [1.165, 1.54) is 5.56 Å². The second kappa shape index (κ2) is 9.46. The molecule has 4 nitrogen and oxygen atoms in total. The van der Waals surface area contributed by atoms with Crippen molar-refractivity contribution < 1.29 is 17.9 Å². The highest BCUT2D eigenvalue weighted by molar-refractivity contribution is 5.58. The summed E-state index contributed by atoms with van der Waals surface area (Å²) >= 11 is 0. The van der Waals surface area contributed by atoms with Gasteiger partial charge in [0, 0.05) is 18.4 Å². The van der Waals surface area contributed by atoms with Gasteiger partial charge in [0.25, 0.3) is 0 Å². The van der Waals surface area contributed by atoms with Crippen LogP contribution in [0.5, 0.6) is 5.88 Å². The zero-order chi connectivity index (χ0) is 20.9. The van der Waals surface area contributed by atoms with Crippen LogP contribution in [0, 0.1) is 0 Å². The summed E-state index contributed by atoms with van der Waals surface area (Å²) in [7, 11) is 0. The molecule has 1 aromatic heterocycles. The maximum atomic E-state index is 13.5. The lowest BCUT2D eigenvalue weighted by atomic mass is 9.98. The molecular weight excluding hydrogens is 379 g/mol. The predicted molar refractivity (Wildman–Crippen MR) is 108 cm³/mol. The Morgan fingerprint density at radius 2 is 1.76 bits per heavy atom. The fourth-order valence-electron chi connectivity index (χ4n) is 3.68. The van der Waals surface area contributed by atoms with Gasteiger partial charge in [0.15, 0.2) is 0 Å². The van der Waals surface area contributed by atoms with Crippen molar-refractivity contribution in [3.05, 3.63) is 41.6 Å². The zero-order valence-electron chi connectivity index (χ0n) is 17.0. The number of anilines is 2. The van der Waals surface area contributed by atoms with Crippen molar-refractivity contribution >= 4 is 11.6 Å².